The van der Waals surface area contributed by atoms with Crippen molar-refractivity contribution < 1.29 is 14.3 Å². The molecule has 1 rings (SSSR count). The Kier molecular flexibility index (Phi) is 9.10. The summed E-state index contributed by atoms with van der Waals surface area (Å²) in [5, 5.41) is 2.99. The van der Waals surface area contributed by atoms with Crippen molar-refractivity contribution >= 4 is 5.91 Å². The molecule has 1 heterocycles. The summed E-state index contributed by atoms with van der Waals surface area (Å²) >= 11 is 0. The summed E-state index contributed by atoms with van der Waals surface area (Å²) in [6.45, 7) is 15.9. The predicted molar refractivity (Wildman–Crippen MR) is 93.5 cm³/mol. The van der Waals surface area contributed by atoms with Crippen LogP contribution < -0.4 is 5.32 Å². The summed E-state index contributed by atoms with van der Waals surface area (Å²) in [7, 11) is 0. The number of rotatable bonds is 9. The minimum atomic E-state index is -0.349. The average Bonchev–Trinajstić information content (AvgIpc) is 2.47. The van der Waals surface area contributed by atoms with Crippen molar-refractivity contribution in [1.29, 1.82) is 0 Å². The average molecular weight is 328 g/mol. The standard InChI is InChI=1S/C18H36N2O3/c1-15(2)7-6-10-22-11-8-20-9-12-23-16(14-20)13-19-17(21)18(3,4)5/h15-16H,6-14H2,1-5H3,(H,19,21)/t16-/m1/s1. The Balaban J connectivity index is 2.13. The molecule has 1 atom stereocenters. The maximum Gasteiger partial charge on any atom is 0.225 e. The largest absolute Gasteiger partial charge is 0.380 e. The van der Waals surface area contributed by atoms with Crippen molar-refractivity contribution in [3.8, 4) is 0 Å². The first-order valence-electron chi connectivity index (χ1n) is 8.99. The van der Waals surface area contributed by atoms with E-state index in [-0.39, 0.29) is 17.4 Å². The zero-order chi connectivity index (χ0) is 17.3. The number of amides is 1. The van der Waals surface area contributed by atoms with Gasteiger partial charge in [0.15, 0.2) is 0 Å². The van der Waals surface area contributed by atoms with Crippen molar-refractivity contribution in [3.63, 3.8) is 0 Å². The lowest BCUT2D eigenvalue weighted by Gasteiger charge is -2.33. The second kappa shape index (κ2) is 10.3. The number of carbonyl (C=O) groups excluding carboxylic acids is 1. The molecule has 0 aliphatic carbocycles. The molecule has 23 heavy (non-hydrogen) atoms. The first kappa shape index (κ1) is 20.4. The van der Waals surface area contributed by atoms with E-state index >= 15 is 0 Å². The Morgan fingerprint density at radius 3 is 2.74 bits per heavy atom. The van der Waals surface area contributed by atoms with Crippen LogP contribution in [0.5, 0.6) is 0 Å². The third-order valence-electron chi connectivity index (χ3n) is 4.02. The molecule has 1 amide bonds. The zero-order valence-corrected chi connectivity index (χ0v) is 15.7. The summed E-state index contributed by atoms with van der Waals surface area (Å²) in [6.07, 6.45) is 2.45. The molecular formula is C18H36N2O3. The minimum Gasteiger partial charge on any atom is -0.380 e. The van der Waals surface area contributed by atoms with Crippen LogP contribution in [0.15, 0.2) is 0 Å². The molecular weight excluding hydrogens is 292 g/mol. The van der Waals surface area contributed by atoms with Crippen molar-refractivity contribution in [2.45, 2.75) is 53.6 Å². The fraction of sp³-hybridized carbons (Fsp3) is 0.944. The zero-order valence-electron chi connectivity index (χ0n) is 15.7. The summed E-state index contributed by atoms with van der Waals surface area (Å²) in [4.78, 5) is 14.3. The quantitative estimate of drug-likeness (QED) is 0.660. The molecule has 0 aromatic heterocycles. The van der Waals surface area contributed by atoms with Gasteiger partial charge in [-0.05, 0) is 18.8 Å². The molecule has 5 heteroatoms. The summed E-state index contributed by atoms with van der Waals surface area (Å²) in [6, 6.07) is 0. The second-order valence-corrected chi connectivity index (χ2v) is 7.90. The van der Waals surface area contributed by atoms with E-state index in [1.165, 1.54) is 6.42 Å². The van der Waals surface area contributed by atoms with Crippen LogP contribution in [0.25, 0.3) is 0 Å². The SMILES string of the molecule is CC(C)CCCOCCN1CCO[C@H](CNC(=O)C(C)(C)C)C1. The number of nitrogens with one attached hydrogen (secondary N) is 1. The van der Waals surface area contributed by atoms with E-state index in [2.05, 4.69) is 24.1 Å². The van der Waals surface area contributed by atoms with Crippen molar-refractivity contribution in [2.24, 2.45) is 11.3 Å². The predicted octanol–water partition coefficient (Wildman–Crippen LogP) is 2.30. The Morgan fingerprint density at radius 1 is 1.35 bits per heavy atom. The van der Waals surface area contributed by atoms with Crippen LogP contribution in [0.3, 0.4) is 0 Å². The maximum atomic E-state index is 11.9. The molecule has 1 fully saturated rings. The van der Waals surface area contributed by atoms with Gasteiger partial charge in [-0.2, -0.15) is 0 Å². The van der Waals surface area contributed by atoms with Crippen molar-refractivity contribution in [3.05, 3.63) is 0 Å². The Morgan fingerprint density at radius 2 is 2.09 bits per heavy atom. The lowest BCUT2D eigenvalue weighted by atomic mass is 9.95. The second-order valence-electron chi connectivity index (χ2n) is 7.90. The highest BCUT2D eigenvalue weighted by molar-refractivity contribution is 5.81. The maximum absolute atomic E-state index is 11.9. The number of carbonyl (C=O) groups is 1. The first-order chi connectivity index (χ1) is 10.8. The summed E-state index contributed by atoms with van der Waals surface area (Å²) < 4.78 is 11.5. The van der Waals surface area contributed by atoms with Gasteiger partial charge in [0.1, 0.15) is 0 Å². The van der Waals surface area contributed by atoms with E-state index in [0.29, 0.717) is 6.54 Å². The van der Waals surface area contributed by atoms with Crippen LogP contribution in [0.4, 0.5) is 0 Å². The smallest absolute Gasteiger partial charge is 0.225 e. The van der Waals surface area contributed by atoms with E-state index in [9.17, 15) is 4.79 Å². The van der Waals surface area contributed by atoms with Gasteiger partial charge in [-0.25, -0.2) is 0 Å². The topological polar surface area (TPSA) is 50.8 Å². The van der Waals surface area contributed by atoms with Gasteiger partial charge in [-0.3, -0.25) is 9.69 Å². The van der Waals surface area contributed by atoms with Crippen LogP contribution in [-0.4, -0.2) is 62.9 Å². The molecule has 0 unspecified atom stereocenters. The molecule has 1 saturated heterocycles. The molecule has 5 nitrogen and oxygen atoms in total. The number of morpholine rings is 1. The molecule has 1 N–H and O–H groups in total. The molecule has 0 saturated carbocycles. The molecule has 0 aromatic carbocycles. The van der Waals surface area contributed by atoms with Gasteiger partial charge < -0.3 is 14.8 Å². The van der Waals surface area contributed by atoms with Gasteiger partial charge in [0.25, 0.3) is 0 Å². The minimum absolute atomic E-state index is 0.0757. The molecule has 1 aliphatic rings. The normalized spacial score (nSPS) is 20.0. The summed E-state index contributed by atoms with van der Waals surface area (Å²) in [5.41, 5.74) is -0.349. The van der Waals surface area contributed by atoms with Crippen molar-refractivity contribution in [2.75, 3.05) is 46.0 Å². The van der Waals surface area contributed by atoms with E-state index < -0.39 is 0 Å². The number of hydrogen-bond donors (Lipinski definition) is 1. The van der Waals surface area contributed by atoms with Crippen LogP contribution in [0.2, 0.25) is 0 Å². The highest BCUT2D eigenvalue weighted by Gasteiger charge is 2.24. The molecule has 0 radical (unpaired) electrons. The fourth-order valence-corrected chi connectivity index (χ4v) is 2.47. The monoisotopic (exact) mass is 328 g/mol. The number of hydrogen-bond acceptors (Lipinski definition) is 4. The van der Waals surface area contributed by atoms with E-state index in [1.807, 2.05) is 20.8 Å². The van der Waals surface area contributed by atoms with Gasteiger partial charge in [0.2, 0.25) is 5.91 Å². The molecule has 0 aromatic rings. The number of ether oxygens (including phenoxy) is 2. The highest BCUT2D eigenvalue weighted by atomic mass is 16.5. The van der Waals surface area contributed by atoms with Crippen LogP contribution in [0.1, 0.15) is 47.5 Å². The Labute approximate surface area is 142 Å². The molecule has 1 aliphatic heterocycles. The van der Waals surface area contributed by atoms with E-state index in [4.69, 9.17) is 9.47 Å². The first-order valence-corrected chi connectivity index (χ1v) is 8.99. The van der Waals surface area contributed by atoms with Crippen molar-refractivity contribution in [1.82, 2.24) is 10.2 Å². The highest BCUT2D eigenvalue weighted by Crippen LogP contribution is 2.13. The van der Waals surface area contributed by atoms with Crippen LogP contribution >= 0.6 is 0 Å². The molecule has 0 bridgehead atoms. The molecule has 136 valence electrons. The Bertz CT molecular complexity index is 340. The van der Waals surface area contributed by atoms with Crippen LogP contribution in [0, 0.1) is 11.3 Å². The van der Waals surface area contributed by atoms with E-state index in [1.54, 1.807) is 0 Å². The van der Waals surface area contributed by atoms with Gasteiger partial charge in [0.05, 0.1) is 19.3 Å². The van der Waals surface area contributed by atoms with Gasteiger partial charge in [-0.15, -0.1) is 0 Å². The van der Waals surface area contributed by atoms with Gasteiger partial charge in [-0.1, -0.05) is 34.6 Å². The third-order valence-corrected chi connectivity index (χ3v) is 4.02. The van der Waals surface area contributed by atoms with Crippen LogP contribution in [-0.2, 0) is 14.3 Å². The third kappa shape index (κ3) is 9.28. The molecule has 0 spiro atoms. The van der Waals surface area contributed by atoms with E-state index in [0.717, 1.165) is 51.8 Å². The fourth-order valence-electron chi connectivity index (χ4n) is 2.47. The van der Waals surface area contributed by atoms with Gasteiger partial charge >= 0.3 is 0 Å². The lowest BCUT2D eigenvalue weighted by molar-refractivity contribution is -0.129. The Hall–Kier alpha value is -0.650. The van der Waals surface area contributed by atoms with Gasteiger partial charge in [0, 0.05) is 38.2 Å². The number of nitrogens with zero attached hydrogens (tertiary/aromatic N) is 1. The lowest BCUT2D eigenvalue weighted by Crippen LogP contribution is -2.49. The summed E-state index contributed by atoms with van der Waals surface area (Å²) in [5.74, 6) is 0.827.